The summed E-state index contributed by atoms with van der Waals surface area (Å²) in [4.78, 5) is 8.95. The molecule has 0 spiro atoms. The summed E-state index contributed by atoms with van der Waals surface area (Å²) in [5, 5.41) is 0. The third-order valence-corrected chi connectivity index (χ3v) is 3.20. The number of nitrogens with zero attached hydrogens (tertiary/aromatic N) is 2. The molecular formula is C16H21N3O. The molecule has 4 nitrogen and oxygen atoms in total. The molecule has 0 aliphatic carbocycles. The summed E-state index contributed by atoms with van der Waals surface area (Å²) in [6.07, 6.45) is 1.85. The predicted octanol–water partition coefficient (Wildman–Crippen LogP) is 3.39. The first-order chi connectivity index (χ1) is 9.65. The number of nitrogens with two attached hydrogens (primary N) is 1. The second kappa shape index (κ2) is 6.37. The van der Waals surface area contributed by atoms with Crippen LogP contribution in [0.5, 0.6) is 5.75 Å². The van der Waals surface area contributed by atoms with E-state index in [-0.39, 0.29) is 0 Å². The van der Waals surface area contributed by atoms with E-state index in [0.29, 0.717) is 11.6 Å². The largest absolute Gasteiger partial charge is 0.494 e. The van der Waals surface area contributed by atoms with Gasteiger partial charge in [-0.3, -0.25) is 0 Å². The Morgan fingerprint density at radius 2 is 1.80 bits per heavy atom. The van der Waals surface area contributed by atoms with Gasteiger partial charge >= 0.3 is 0 Å². The van der Waals surface area contributed by atoms with Crippen LogP contribution in [0.15, 0.2) is 24.3 Å². The van der Waals surface area contributed by atoms with Crippen molar-refractivity contribution in [3.8, 4) is 17.1 Å². The Bertz CT molecular complexity index is 579. The molecule has 0 radical (unpaired) electrons. The lowest BCUT2D eigenvalue weighted by atomic mass is 10.1. The van der Waals surface area contributed by atoms with Crippen LogP contribution in [0.25, 0.3) is 11.4 Å². The lowest BCUT2D eigenvalue weighted by Gasteiger charge is -2.09. The van der Waals surface area contributed by atoms with Crippen LogP contribution in [-0.2, 0) is 6.42 Å². The van der Waals surface area contributed by atoms with Gasteiger partial charge in [0.2, 0.25) is 0 Å². The van der Waals surface area contributed by atoms with Crippen molar-refractivity contribution < 1.29 is 4.74 Å². The molecule has 2 aromatic rings. The molecule has 0 bridgehead atoms. The van der Waals surface area contributed by atoms with Gasteiger partial charge in [-0.15, -0.1) is 0 Å². The number of rotatable bonds is 5. The quantitative estimate of drug-likeness (QED) is 0.905. The summed E-state index contributed by atoms with van der Waals surface area (Å²) in [5.41, 5.74) is 8.88. The summed E-state index contributed by atoms with van der Waals surface area (Å²) in [7, 11) is 0. The Morgan fingerprint density at radius 1 is 1.10 bits per heavy atom. The third-order valence-electron chi connectivity index (χ3n) is 3.20. The van der Waals surface area contributed by atoms with E-state index in [1.54, 1.807) is 0 Å². The second-order valence-corrected chi connectivity index (χ2v) is 4.73. The predicted molar refractivity (Wildman–Crippen MR) is 81.8 cm³/mol. The van der Waals surface area contributed by atoms with Gasteiger partial charge in [0.25, 0.3) is 0 Å². The summed E-state index contributed by atoms with van der Waals surface area (Å²) < 4.78 is 5.57. The van der Waals surface area contributed by atoms with Crippen LogP contribution in [0, 0.1) is 6.92 Å². The van der Waals surface area contributed by atoms with Gasteiger partial charge in [0, 0.05) is 16.8 Å². The Balaban J connectivity index is 2.29. The van der Waals surface area contributed by atoms with E-state index >= 15 is 0 Å². The van der Waals surface area contributed by atoms with Gasteiger partial charge < -0.3 is 10.5 Å². The van der Waals surface area contributed by atoms with Crippen LogP contribution < -0.4 is 10.5 Å². The molecule has 0 fully saturated rings. The molecule has 0 amide bonds. The SMILES string of the molecule is CCCOc1ccc(-c2nc(N)c(C)c(CC)n2)cc1. The minimum atomic E-state index is 0.554. The van der Waals surface area contributed by atoms with Gasteiger partial charge in [0.1, 0.15) is 11.6 Å². The Kier molecular flexibility index (Phi) is 4.56. The van der Waals surface area contributed by atoms with E-state index in [9.17, 15) is 0 Å². The highest BCUT2D eigenvalue weighted by atomic mass is 16.5. The number of hydrogen-bond acceptors (Lipinski definition) is 4. The molecule has 0 saturated carbocycles. The zero-order valence-corrected chi connectivity index (χ0v) is 12.3. The molecule has 106 valence electrons. The van der Waals surface area contributed by atoms with Crippen molar-refractivity contribution in [1.82, 2.24) is 9.97 Å². The molecule has 20 heavy (non-hydrogen) atoms. The molecule has 0 aliphatic heterocycles. The first kappa shape index (κ1) is 14.3. The van der Waals surface area contributed by atoms with Crippen LogP contribution in [0.2, 0.25) is 0 Å². The fraction of sp³-hybridized carbons (Fsp3) is 0.375. The molecule has 0 unspecified atom stereocenters. The first-order valence-electron chi connectivity index (χ1n) is 7.02. The van der Waals surface area contributed by atoms with E-state index in [2.05, 4.69) is 23.8 Å². The average Bonchev–Trinajstić information content (AvgIpc) is 2.48. The molecule has 1 aromatic carbocycles. The number of benzene rings is 1. The van der Waals surface area contributed by atoms with Crippen LogP contribution in [0.3, 0.4) is 0 Å². The fourth-order valence-electron chi connectivity index (χ4n) is 1.98. The molecule has 0 aliphatic rings. The molecular weight excluding hydrogens is 250 g/mol. The minimum absolute atomic E-state index is 0.554. The zero-order valence-electron chi connectivity index (χ0n) is 12.3. The standard InChI is InChI=1S/C16H21N3O/c1-4-10-20-13-8-6-12(7-9-13)16-18-14(5-2)11(3)15(17)19-16/h6-9H,4-5,10H2,1-3H3,(H2,17,18,19). The van der Waals surface area contributed by atoms with Crippen LogP contribution in [-0.4, -0.2) is 16.6 Å². The van der Waals surface area contributed by atoms with Crippen LogP contribution in [0.4, 0.5) is 5.82 Å². The Morgan fingerprint density at radius 3 is 2.40 bits per heavy atom. The zero-order chi connectivity index (χ0) is 14.5. The van der Waals surface area contributed by atoms with Gasteiger partial charge in [-0.1, -0.05) is 13.8 Å². The van der Waals surface area contributed by atoms with Crippen LogP contribution >= 0.6 is 0 Å². The number of nitrogen functional groups attached to an aromatic ring is 1. The Hall–Kier alpha value is -2.10. The molecule has 1 aromatic heterocycles. The van der Waals surface area contributed by atoms with Crippen molar-refractivity contribution in [2.75, 3.05) is 12.3 Å². The van der Waals surface area contributed by atoms with E-state index in [0.717, 1.165) is 42.0 Å². The summed E-state index contributed by atoms with van der Waals surface area (Å²) in [5.74, 6) is 2.09. The van der Waals surface area contributed by atoms with E-state index < -0.39 is 0 Å². The lowest BCUT2D eigenvalue weighted by molar-refractivity contribution is 0.317. The maximum atomic E-state index is 5.95. The van der Waals surface area contributed by atoms with Gasteiger partial charge in [-0.05, 0) is 44.0 Å². The molecule has 4 heteroatoms. The van der Waals surface area contributed by atoms with Gasteiger partial charge in [-0.25, -0.2) is 9.97 Å². The lowest BCUT2D eigenvalue weighted by Crippen LogP contribution is -2.04. The van der Waals surface area contributed by atoms with Crippen molar-refractivity contribution >= 4 is 5.82 Å². The highest BCUT2D eigenvalue weighted by molar-refractivity contribution is 5.59. The fourth-order valence-corrected chi connectivity index (χ4v) is 1.98. The number of aromatic nitrogens is 2. The molecule has 2 rings (SSSR count). The van der Waals surface area contributed by atoms with E-state index in [1.807, 2.05) is 31.2 Å². The number of aryl methyl sites for hydroxylation is 1. The molecule has 0 atom stereocenters. The van der Waals surface area contributed by atoms with Gasteiger partial charge in [0.05, 0.1) is 6.61 Å². The molecule has 1 heterocycles. The van der Waals surface area contributed by atoms with Gasteiger partial charge in [-0.2, -0.15) is 0 Å². The minimum Gasteiger partial charge on any atom is -0.494 e. The number of ether oxygens (including phenoxy) is 1. The van der Waals surface area contributed by atoms with Crippen LogP contribution in [0.1, 0.15) is 31.5 Å². The summed E-state index contributed by atoms with van der Waals surface area (Å²) in [6.45, 7) is 6.84. The van der Waals surface area contributed by atoms with Gasteiger partial charge in [0.15, 0.2) is 5.82 Å². The smallest absolute Gasteiger partial charge is 0.161 e. The second-order valence-electron chi connectivity index (χ2n) is 4.73. The number of hydrogen-bond donors (Lipinski definition) is 1. The first-order valence-corrected chi connectivity index (χ1v) is 7.02. The van der Waals surface area contributed by atoms with Crippen molar-refractivity contribution in [2.45, 2.75) is 33.6 Å². The highest BCUT2D eigenvalue weighted by Crippen LogP contribution is 2.23. The van der Waals surface area contributed by atoms with E-state index in [4.69, 9.17) is 10.5 Å². The van der Waals surface area contributed by atoms with Crippen molar-refractivity contribution in [3.05, 3.63) is 35.5 Å². The molecule has 2 N–H and O–H groups in total. The topological polar surface area (TPSA) is 61.0 Å². The third kappa shape index (κ3) is 3.07. The van der Waals surface area contributed by atoms with Crippen molar-refractivity contribution in [1.29, 1.82) is 0 Å². The molecule has 0 saturated heterocycles. The van der Waals surface area contributed by atoms with Crippen molar-refractivity contribution in [3.63, 3.8) is 0 Å². The maximum absolute atomic E-state index is 5.95. The van der Waals surface area contributed by atoms with E-state index in [1.165, 1.54) is 0 Å². The number of anilines is 1. The Labute approximate surface area is 120 Å². The summed E-state index contributed by atoms with van der Waals surface area (Å²) in [6, 6.07) is 7.81. The normalized spacial score (nSPS) is 10.6. The maximum Gasteiger partial charge on any atom is 0.161 e. The monoisotopic (exact) mass is 271 g/mol. The summed E-state index contributed by atoms with van der Waals surface area (Å²) >= 11 is 0. The highest BCUT2D eigenvalue weighted by Gasteiger charge is 2.09. The van der Waals surface area contributed by atoms with Crippen molar-refractivity contribution in [2.24, 2.45) is 0 Å². The average molecular weight is 271 g/mol.